The van der Waals surface area contributed by atoms with E-state index in [4.69, 9.17) is 10.2 Å². The third kappa shape index (κ3) is 1.75. The summed E-state index contributed by atoms with van der Waals surface area (Å²) >= 11 is 0. The minimum Gasteiger partial charge on any atom is -0.472 e. The van der Waals surface area contributed by atoms with Crippen molar-refractivity contribution < 1.29 is 13.9 Å². The van der Waals surface area contributed by atoms with Gasteiger partial charge in [-0.1, -0.05) is 0 Å². The summed E-state index contributed by atoms with van der Waals surface area (Å²) in [6.45, 7) is 0. The SMILES string of the molecule is COC(=O)c1nc(N)ccc1-c1ccoc1. The standard InChI is InChI=1S/C11H10N2O3/c1-15-11(14)10-8(2-3-9(12)13-10)7-4-5-16-6-7/h2-6H,1H3,(H2,12,13). The second-order valence-corrected chi connectivity index (χ2v) is 3.14. The van der Waals surface area contributed by atoms with E-state index in [1.807, 2.05) is 0 Å². The Balaban J connectivity index is 2.57. The van der Waals surface area contributed by atoms with E-state index in [0.717, 1.165) is 5.56 Å². The molecule has 2 rings (SSSR count). The fourth-order valence-corrected chi connectivity index (χ4v) is 1.38. The highest BCUT2D eigenvalue weighted by Gasteiger charge is 2.16. The molecule has 0 aliphatic rings. The van der Waals surface area contributed by atoms with Crippen molar-refractivity contribution in [2.75, 3.05) is 12.8 Å². The van der Waals surface area contributed by atoms with Gasteiger partial charge in [-0.05, 0) is 18.2 Å². The number of methoxy groups -OCH3 is 1. The van der Waals surface area contributed by atoms with Crippen LogP contribution in [0.3, 0.4) is 0 Å². The minimum atomic E-state index is -0.525. The molecule has 0 unspecified atom stereocenters. The lowest BCUT2D eigenvalue weighted by Gasteiger charge is -2.05. The van der Waals surface area contributed by atoms with Crippen LogP contribution in [0.15, 0.2) is 35.1 Å². The molecule has 0 amide bonds. The first-order valence-electron chi connectivity index (χ1n) is 4.60. The number of pyridine rings is 1. The van der Waals surface area contributed by atoms with Gasteiger partial charge in [0, 0.05) is 11.1 Å². The maximum atomic E-state index is 11.5. The number of carbonyl (C=O) groups excluding carboxylic acids is 1. The summed E-state index contributed by atoms with van der Waals surface area (Å²) < 4.78 is 9.60. The Morgan fingerprint density at radius 1 is 1.44 bits per heavy atom. The molecule has 2 aromatic heterocycles. The van der Waals surface area contributed by atoms with Crippen LogP contribution in [0.25, 0.3) is 11.1 Å². The zero-order chi connectivity index (χ0) is 11.5. The molecule has 0 aromatic carbocycles. The van der Waals surface area contributed by atoms with E-state index in [1.54, 1.807) is 18.2 Å². The zero-order valence-electron chi connectivity index (χ0n) is 8.64. The van der Waals surface area contributed by atoms with Gasteiger partial charge in [0.25, 0.3) is 0 Å². The number of nitrogen functional groups attached to an aromatic ring is 1. The van der Waals surface area contributed by atoms with E-state index in [0.29, 0.717) is 5.56 Å². The molecule has 0 atom stereocenters. The molecule has 0 bridgehead atoms. The van der Waals surface area contributed by atoms with Gasteiger partial charge in [0.05, 0.1) is 19.6 Å². The Kier molecular flexibility index (Phi) is 2.59. The molecule has 0 aliphatic carbocycles. The summed E-state index contributed by atoms with van der Waals surface area (Å²) in [5.41, 5.74) is 7.11. The maximum Gasteiger partial charge on any atom is 0.357 e. The fraction of sp³-hybridized carbons (Fsp3) is 0.0909. The first-order valence-corrected chi connectivity index (χ1v) is 4.60. The Labute approximate surface area is 91.8 Å². The monoisotopic (exact) mass is 218 g/mol. The second kappa shape index (κ2) is 4.06. The average Bonchev–Trinajstić information content (AvgIpc) is 2.81. The van der Waals surface area contributed by atoms with Gasteiger partial charge in [0.1, 0.15) is 5.82 Å². The zero-order valence-corrected chi connectivity index (χ0v) is 8.64. The quantitative estimate of drug-likeness (QED) is 0.776. The maximum absolute atomic E-state index is 11.5. The van der Waals surface area contributed by atoms with Crippen molar-refractivity contribution in [3.63, 3.8) is 0 Å². The van der Waals surface area contributed by atoms with E-state index < -0.39 is 5.97 Å². The summed E-state index contributed by atoms with van der Waals surface area (Å²) in [6, 6.07) is 5.06. The van der Waals surface area contributed by atoms with Crippen LogP contribution in [-0.2, 0) is 4.74 Å². The van der Waals surface area contributed by atoms with Crippen molar-refractivity contribution in [2.45, 2.75) is 0 Å². The fourth-order valence-electron chi connectivity index (χ4n) is 1.38. The molecule has 0 saturated heterocycles. The van der Waals surface area contributed by atoms with Crippen LogP contribution in [0.1, 0.15) is 10.5 Å². The van der Waals surface area contributed by atoms with Gasteiger partial charge in [0.2, 0.25) is 0 Å². The Hall–Kier alpha value is -2.30. The van der Waals surface area contributed by atoms with E-state index in [2.05, 4.69) is 9.72 Å². The molecule has 0 saturated carbocycles. The van der Waals surface area contributed by atoms with E-state index in [-0.39, 0.29) is 11.5 Å². The molecule has 16 heavy (non-hydrogen) atoms. The lowest BCUT2D eigenvalue weighted by molar-refractivity contribution is 0.0595. The van der Waals surface area contributed by atoms with Crippen molar-refractivity contribution in [3.8, 4) is 11.1 Å². The number of hydrogen-bond acceptors (Lipinski definition) is 5. The summed E-state index contributed by atoms with van der Waals surface area (Å²) in [7, 11) is 1.30. The Bertz CT molecular complexity index is 506. The highest BCUT2D eigenvalue weighted by molar-refractivity contribution is 5.95. The Morgan fingerprint density at radius 3 is 2.88 bits per heavy atom. The summed E-state index contributed by atoms with van der Waals surface area (Å²) in [4.78, 5) is 15.5. The first-order chi connectivity index (χ1) is 7.72. The van der Waals surface area contributed by atoms with Crippen molar-refractivity contribution >= 4 is 11.8 Å². The molecule has 5 nitrogen and oxygen atoms in total. The predicted octanol–water partition coefficient (Wildman–Crippen LogP) is 1.71. The molecule has 2 aromatic rings. The van der Waals surface area contributed by atoms with Gasteiger partial charge in [-0.2, -0.15) is 0 Å². The number of ether oxygens (including phenoxy) is 1. The van der Waals surface area contributed by atoms with Crippen LogP contribution in [0.2, 0.25) is 0 Å². The summed E-state index contributed by atoms with van der Waals surface area (Å²) in [5, 5.41) is 0. The molecular formula is C11H10N2O3. The molecule has 2 heterocycles. The molecule has 2 N–H and O–H groups in total. The van der Waals surface area contributed by atoms with Gasteiger partial charge >= 0.3 is 5.97 Å². The molecule has 0 spiro atoms. The van der Waals surface area contributed by atoms with E-state index >= 15 is 0 Å². The number of nitrogens with zero attached hydrogens (tertiary/aromatic N) is 1. The third-order valence-corrected chi connectivity index (χ3v) is 2.13. The molecule has 0 radical (unpaired) electrons. The Morgan fingerprint density at radius 2 is 2.25 bits per heavy atom. The number of carbonyl (C=O) groups is 1. The van der Waals surface area contributed by atoms with Crippen LogP contribution in [-0.4, -0.2) is 18.1 Å². The normalized spacial score (nSPS) is 10.1. The molecule has 0 fully saturated rings. The lowest BCUT2D eigenvalue weighted by atomic mass is 10.1. The van der Waals surface area contributed by atoms with Gasteiger partial charge in [-0.3, -0.25) is 0 Å². The largest absolute Gasteiger partial charge is 0.472 e. The summed E-state index contributed by atoms with van der Waals surface area (Å²) in [5.74, 6) is -0.254. The van der Waals surface area contributed by atoms with Crippen molar-refractivity contribution in [3.05, 3.63) is 36.4 Å². The topological polar surface area (TPSA) is 78.3 Å². The number of furan rings is 1. The number of hydrogen-bond donors (Lipinski definition) is 1. The number of nitrogens with two attached hydrogens (primary N) is 1. The van der Waals surface area contributed by atoms with Crippen molar-refractivity contribution in [1.82, 2.24) is 4.98 Å². The van der Waals surface area contributed by atoms with Crippen molar-refractivity contribution in [1.29, 1.82) is 0 Å². The number of anilines is 1. The molecule has 0 aliphatic heterocycles. The molecule has 82 valence electrons. The average molecular weight is 218 g/mol. The molecular weight excluding hydrogens is 208 g/mol. The van der Waals surface area contributed by atoms with Crippen LogP contribution in [0.4, 0.5) is 5.82 Å². The lowest BCUT2D eigenvalue weighted by Crippen LogP contribution is -2.08. The smallest absolute Gasteiger partial charge is 0.357 e. The minimum absolute atomic E-state index is 0.184. The second-order valence-electron chi connectivity index (χ2n) is 3.14. The van der Waals surface area contributed by atoms with Crippen LogP contribution in [0, 0.1) is 0 Å². The van der Waals surface area contributed by atoms with Crippen LogP contribution < -0.4 is 5.73 Å². The van der Waals surface area contributed by atoms with Crippen molar-refractivity contribution in [2.24, 2.45) is 0 Å². The molecule has 5 heteroatoms. The van der Waals surface area contributed by atoms with Crippen LogP contribution >= 0.6 is 0 Å². The van der Waals surface area contributed by atoms with Gasteiger partial charge in [-0.25, -0.2) is 9.78 Å². The van der Waals surface area contributed by atoms with Crippen LogP contribution in [0.5, 0.6) is 0 Å². The third-order valence-electron chi connectivity index (χ3n) is 2.13. The summed E-state index contributed by atoms with van der Waals surface area (Å²) in [6.07, 6.45) is 3.05. The van der Waals surface area contributed by atoms with Gasteiger partial charge in [0.15, 0.2) is 5.69 Å². The predicted molar refractivity (Wildman–Crippen MR) is 57.7 cm³/mol. The number of esters is 1. The highest BCUT2D eigenvalue weighted by Crippen LogP contribution is 2.24. The number of rotatable bonds is 2. The highest BCUT2D eigenvalue weighted by atomic mass is 16.5. The number of aromatic nitrogens is 1. The first kappa shape index (κ1) is 10.2. The van der Waals surface area contributed by atoms with Gasteiger partial charge < -0.3 is 14.9 Å². The van der Waals surface area contributed by atoms with E-state index in [9.17, 15) is 4.79 Å². The van der Waals surface area contributed by atoms with E-state index in [1.165, 1.54) is 19.6 Å². The van der Waals surface area contributed by atoms with Gasteiger partial charge in [-0.15, -0.1) is 0 Å².